The lowest BCUT2D eigenvalue weighted by molar-refractivity contribution is -0.00267. The summed E-state index contributed by atoms with van der Waals surface area (Å²) in [4.78, 5) is 4.82. The molecule has 23 heavy (non-hydrogen) atoms. The molecular formula is C18H27ClN2O2. The van der Waals surface area contributed by atoms with E-state index in [0.29, 0.717) is 12.6 Å². The van der Waals surface area contributed by atoms with E-state index in [2.05, 4.69) is 28.0 Å². The van der Waals surface area contributed by atoms with Crippen molar-refractivity contribution < 1.29 is 9.84 Å². The van der Waals surface area contributed by atoms with Crippen molar-refractivity contribution in [1.82, 2.24) is 4.90 Å². The molecule has 2 aliphatic rings. The Morgan fingerprint density at radius 2 is 2.00 bits per heavy atom. The van der Waals surface area contributed by atoms with E-state index < -0.39 is 0 Å². The minimum atomic E-state index is -0.344. The van der Waals surface area contributed by atoms with Crippen molar-refractivity contribution in [3.8, 4) is 0 Å². The monoisotopic (exact) mass is 338 g/mol. The van der Waals surface area contributed by atoms with Gasteiger partial charge in [-0.25, -0.2) is 0 Å². The van der Waals surface area contributed by atoms with E-state index in [0.717, 1.165) is 49.6 Å². The highest BCUT2D eigenvalue weighted by Crippen LogP contribution is 2.28. The summed E-state index contributed by atoms with van der Waals surface area (Å²) in [6.07, 6.45) is 1.88. The van der Waals surface area contributed by atoms with Crippen LogP contribution >= 0.6 is 11.6 Å². The van der Waals surface area contributed by atoms with Crippen LogP contribution in [0.4, 0.5) is 5.69 Å². The highest BCUT2D eigenvalue weighted by atomic mass is 35.5. The number of β-amino-alcohol motifs (C(OH)–C–C–N with tert-alkyl or cyclic N) is 1. The van der Waals surface area contributed by atoms with Crippen molar-refractivity contribution in [3.05, 3.63) is 28.8 Å². The Balaban J connectivity index is 1.55. The first kappa shape index (κ1) is 17.0. The Morgan fingerprint density at radius 1 is 1.26 bits per heavy atom. The molecule has 0 radical (unpaired) electrons. The first-order chi connectivity index (χ1) is 11.1. The molecule has 128 valence electrons. The Kier molecular flexibility index (Phi) is 5.47. The predicted molar refractivity (Wildman–Crippen MR) is 94.4 cm³/mol. The molecule has 0 spiro atoms. The highest BCUT2D eigenvalue weighted by molar-refractivity contribution is 6.31. The maximum atomic E-state index is 10.1. The van der Waals surface area contributed by atoms with Crippen LogP contribution in [0, 0.1) is 6.92 Å². The van der Waals surface area contributed by atoms with Gasteiger partial charge in [-0.15, -0.1) is 0 Å². The number of hydrogen-bond donors (Lipinski definition) is 1. The predicted octanol–water partition coefficient (Wildman–Crippen LogP) is 2.70. The third kappa shape index (κ3) is 3.82. The third-order valence-electron chi connectivity index (χ3n) is 5.15. The number of aliphatic hydroxyl groups excluding tert-OH is 1. The van der Waals surface area contributed by atoms with E-state index in [1.165, 1.54) is 5.69 Å². The van der Waals surface area contributed by atoms with Crippen LogP contribution in [0.25, 0.3) is 0 Å². The van der Waals surface area contributed by atoms with Crippen LogP contribution in [0.1, 0.15) is 25.3 Å². The maximum Gasteiger partial charge on any atom is 0.0972 e. The number of hydrogen-bond acceptors (Lipinski definition) is 4. The van der Waals surface area contributed by atoms with Gasteiger partial charge in [0, 0.05) is 49.5 Å². The van der Waals surface area contributed by atoms with Gasteiger partial charge in [-0.05, 0) is 44.4 Å². The molecule has 0 amide bonds. The number of benzene rings is 1. The van der Waals surface area contributed by atoms with E-state index in [4.69, 9.17) is 16.3 Å². The lowest BCUT2D eigenvalue weighted by atomic mass is 10.0. The molecule has 2 atom stereocenters. The standard InChI is InChI=1S/C18H27ClN2O2/c1-3-23-18-12-21(11-17(18)22)14-6-8-20(9-7-14)15-5-4-13(2)16(19)10-15/h4-5,10,14,17-18,22H,3,6-9,11-12H2,1-2H3/t17-,18-/m1/s1. The van der Waals surface area contributed by atoms with Gasteiger partial charge < -0.3 is 14.7 Å². The van der Waals surface area contributed by atoms with Crippen LogP contribution in [-0.2, 0) is 4.74 Å². The van der Waals surface area contributed by atoms with E-state index in [1.54, 1.807) is 0 Å². The zero-order valence-corrected chi connectivity index (χ0v) is 14.8. The lowest BCUT2D eigenvalue weighted by Crippen LogP contribution is -2.44. The zero-order valence-electron chi connectivity index (χ0n) is 14.0. The second kappa shape index (κ2) is 7.39. The summed E-state index contributed by atoms with van der Waals surface area (Å²) in [7, 11) is 0. The molecule has 3 rings (SSSR count). The van der Waals surface area contributed by atoms with Gasteiger partial charge in [0.2, 0.25) is 0 Å². The van der Waals surface area contributed by atoms with E-state index in [1.807, 2.05) is 13.8 Å². The van der Waals surface area contributed by atoms with Gasteiger partial charge in [0.1, 0.15) is 0 Å². The second-order valence-electron chi connectivity index (χ2n) is 6.67. The molecule has 0 saturated carbocycles. The van der Waals surface area contributed by atoms with Crippen molar-refractivity contribution in [1.29, 1.82) is 0 Å². The van der Waals surface area contributed by atoms with Crippen molar-refractivity contribution in [2.75, 3.05) is 37.7 Å². The van der Waals surface area contributed by atoms with Crippen LogP contribution in [0.15, 0.2) is 18.2 Å². The average molecular weight is 339 g/mol. The van der Waals surface area contributed by atoms with Gasteiger partial charge in [0.05, 0.1) is 12.2 Å². The van der Waals surface area contributed by atoms with Crippen LogP contribution in [0.3, 0.4) is 0 Å². The molecule has 2 heterocycles. The fourth-order valence-corrected chi connectivity index (χ4v) is 3.90. The van der Waals surface area contributed by atoms with Crippen LogP contribution in [-0.4, -0.2) is 61.0 Å². The van der Waals surface area contributed by atoms with Gasteiger partial charge >= 0.3 is 0 Å². The van der Waals surface area contributed by atoms with E-state index in [-0.39, 0.29) is 12.2 Å². The number of piperidine rings is 1. The third-order valence-corrected chi connectivity index (χ3v) is 5.55. The zero-order chi connectivity index (χ0) is 16.4. The van der Waals surface area contributed by atoms with Crippen molar-refractivity contribution >= 4 is 17.3 Å². The summed E-state index contributed by atoms with van der Waals surface area (Å²) in [5.41, 5.74) is 2.34. The molecule has 0 aromatic heterocycles. The molecule has 0 bridgehead atoms. The number of aryl methyl sites for hydroxylation is 1. The molecule has 1 N–H and O–H groups in total. The van der Waals surface area contributed by atoms with E-state index >= 15 is 0 Å². The Hall–Kier alpha value is -0.810. The summed E-state index contributed by atoms with van der Waals surface area (Å²) in [5, 5.41) is 11.0. The molecule has 1 aromatic carbocycles. The SMILES string of the molecule is CCO[C@@H]1CN(C2CCN(c3ccc(C)c(Cl)c3)CC2)C[C@H]1O. The van der Waals surface area contributed by atoms with Crippen molar-refractivity contribution in [2.45, 2.75) is 44.9 Å². The number of ether oxygens (including phenoxy) is 1. The molecular weight excluding hydrogens is 312 g/mol. The van der Waals surface area contributed by atoms with Crippen molar-refractivity contribution in [3.63, 3.8) is 0 Å². The molecule has 1 aromatic rings. The number of nitrogens with zero attached hydrogens (tertiary/aromatic N) is 2. The summed E-state index contributed by atoms with van der Waals surface area (Å²) in [6, 6.07) is 6.87. The maximum absolute atomic E-state index is 10.1. The van der Waals surface area contributed by atoms with Gasteiger partial charge in [0.15, 0.2) is 0 Å². The lowest BCUT2D eigenvalue weighted by Gasteiger charge is -2.38. The Morgan fingerprint density at radius 3 is 2.65 bits per heavy atom. The first-order valence-corrected chi connectivity index (χ1v) is 9.01. The average Bonchev–Trinajstić information content (AvgIpc) is 2.92. The number of anilines is 1. The van der Waals surface area contributed by atoms with Gasteiger partial charge in [0.25, 0.3) is 0 Å². The summed E-state index contributed by atoms with van der Waals surface area (Å²) in [6.45, 7) is 8.36. The van der Waals surface area contributed by atoms with Crippen LogP contribution < -0.4 is 4.90 Å². The minimum Gasteiger partial charge on any atom is -0.389 e. The largest absolute Gasteiger partial charge is 0.389 e. The van der Waals surface area contributed by atoms with Crippen molar-refractivity contribution in [2.24, 2.45) is 0 Å². The Bertz CT molecular complexity index is 532. The van der Waals surface area contributed by atoms with Gasteiger partial charge in [-0.2, -0.15) is 0 Å². The normalized spacial score (nSPS) is 26.9. The molecule has 2 fully saturated rings. The van der Waals surface area contributed by atoms with Gasteiger partial charge in [-0.1, -0.05) is 17.7 Å². The van der Waals surface area contributed by atoms with Gasteiger partial charge in [-0.3, -0.25) is 4.90 Å². The van der Waals surface area contributed by atoms with Crippen LogP contribution in [0.5, 0.6) is 0 Å². The number of halogens is 1. The fraction of sp³-hybridized carbons (Fsp3) is 0.667. The second-order valence-corrected chi connectivity index (χ2v) is 7.07. The highest BCUT2D eigenvalue weighted by Gasteiger charge is 2.36. The van der Waals surface area contributed by atoms with E-state index in [9.17, 15) is 5.11 Å². The number of aliphatic hydroxyl groups is 1. The topological polar surface area (TPSA) is 35.9 Å². The summed E-state index contributed by atoms with van der Waals surface area (Å²) >= 11 is 6.25. The molecule has 4 nitrogen and oxygen atoms in total. The number of likely N-dealkylation sites (tertiary alicyclic amines) is 1. The fourth-order valence-electron chi connectivity index (χ4n) is 3.73. The first-order valence-electron chi connectivity index (χ1n) is 8.63. The molecule has 0 aliphatic carbocycles. The molecule has 5 heteroatoms. The molecule has 2 aliphatic heterocycles. The molecule has 2 saturated heterocycles. The number of rotatable bonds is 4. The summed E-state index contributed by atoms with van der Waals surface area (Å²) < 4.78 is 5.63. The minimum absolute atomic E-state index is 0.0195. The quantitative estimate of drug-likeness (QED) is 0.915. The molecule has 0 unspecified atom stereocenters. The Labute approximate surface area is 144 Å². The smallest absolute Gasteiger partial charge is 0.0972 e. The van der Waals surface area contributed by atoms with Crippen LogP contribution in [0.2, 0.25) is 5.02 Å². The summed E-state index contributed by atoms with van der Waals surface area (Å²) in [5.74, 6) is 0.